The van der Waals surface area contributed by atoms with Crippen molar-refractivity contribution in [3.05, 3.63) is 105 Å². The van der Waals surface area contributed by atoms with Gasteiger partial charge in [0, 0.05) is 15.6 Å². The van der Waals surface area contributed by atoms with Crippen molar-refractivity contribution in [3.63, 3.8) is 0 Å². The predicted molar refractivity (Wildman–Crippen MR) is 136 cm³/mol. The number of halogens is 1. The Kier molecular flexibility index (Phi) is 5.03. The van der Waals surface area contributed by atoms with Crippen LogP contribution in [0.25, 0.3) is 5.70 Å². The summed E-state index contributed by atoms with van der Waals surface area (Å²) in [6, 6.07) is 25.0. The van der Waals surface area contributed by atoms with Crippen LogP contribution >= 0.6 is 27.7 Å². The van der Waals surface area contributed by atoms with E-state index in [1.807, 2.05) is 41.3 Å². The van der Waals surface area contributed by atoms with Crippen LogP contribution in [0, 0.1) is 6.92 Å². The Labute approximate surface area is 205 Å². The lowest BCUT2D eigenvalue weighted by Gasteiger charge is -2.39. The SMILES string of the molecule is CSc1nc2n(n1)[C@H](c1ccc(C)cc1)C1=C(N2)c2ccccc2O[C@@H]1c1cccc(Br)c1. The number of nitrogens with one attached hydrogen (secondary N) is 1. The second-order valence-electron chi connectivity index (χ2n) is 8.18. The summed E-state index contributed by atoms with van der Waals surface area (Å²) in [5.74, 6) is 1.60. The van der Waals surface area contributed by atoms with Gasteiger partial charge < -0.3 is 10.1 Å². The monoisotopic (exact) mass is 516 g/mol. The van der Waals surface area contributed by atoms with Gasteiger partial charge in [0.15, 0.2) is 0 Å². The fourth-order valence-electron chi connectivity index (χ4n) is 4.56. The minimum atomic E-state index is -0.277. The number of para-hydroxylation sites is 1. The van der Waals surface area contributed by atoms with Crippen LogP contribution in [0.3, 0.4) is 0 Å². The molecule has 7 heteroatoms. The molecular formula is C26H21BrN4OS. The van der Waals surface area contributed by atoms with Crippen molar-refractivity contribution in [2.45, 2.75) is 24.2 Å². The molecule has 3 heterocycles. The average Bonchev–Trinajstić information content (AvgIpc) is 3.26. The minimum Gasteiger partial charge on any atom is -0.480 e. The second-order valence-corrected chi connectivity index (χ2v) is 9.87. The maximum Gasteiger partial charge on any atom is 0.227 e. The van der Waals surface area contributed by atoms with Crippen LogP contribution in [0.4, 0.5) is 5.95 Å². The van der Waals surface area contributed by atoms with Crippen molar-refractivity contribution in [2.24, 2.45) is 0 Å². The molecule has 164 valence electrons. The van der Waals surface area contributed by atoms with Gasteiger partial charge in [-0.1, -0.05) is 81.8 Å². The normalized spacial score (nSPS) is 18.6. The lowest BCUT2D eigenvalue weighted by Crippen LogP contribution is -2.32. The number of ether oxygens (including phenoxy) is 1. The van der Waals surface area contributed by atoms with Crippen molar-refractivity contribution >= 4 is 39.3 Å². The molecule has 4 aromatic rings. The van der Waals surface area contributed by atoms with Crippen LogP contribution in [-0.2, 0) is 0 Å². The molecule has 0 aliphatic carbocycles. The number of aryl methyl sites for hydroxylation is 1. The van der Waals surface area contributed by atoms with Gasteiger partial charge in [-0.15, -0.1) is 5.10 Å². The largest absolute Gasteiger partial charge is 0.480 e. The van der Waals surface area contributed by atoms with E-state index in [2.05, 4.69) is 70.6 Å². The second kappa shape index (κ2) is 8.08. The number of rotatable bonds is 3. The Hall–Kier alpha value is -3.03. The molecule has 0 amide bonds. The van der Waals surface area contributed by atoms with Crippen molar-refractivity contribution in [3.8, 4) is 5.75 Å². The Morgan fingerprint density at radius 3 is 2.61 bits per heavy atom. The fourth-order valence-corrected chi connectivity index (χ4v) is 5.32. The highest BCUT2D eigenvalue weighted by molar-refractivity contribution is 9.10. The highest BCUT2D eigenvalue weighted by atomic mass is 79.9. The number of benzene rings is 3. The summed E-state index contributed by atoms with van der Waals surface area (Å²) in [4.78, 5) is 4.76. The molecule has 0 fully saturated rings. The van der Waals surface area contributed by atoms with Crippen molar-refractivity contribution in [1.82, 2.24) is 14.8 Å². The first kappa shape index (κ1) is 20.6. The van der Waals surface area contributed by atoms with Gasteiger partial charge in [-0.2, -0.15) is 4.98 Å². The van der Waals surface area contributed by atoms with E-state index in [0.717, 1.165) is 49.3 Å². The van der Waals surface area contributed by atoms with Gasteiger partial charge >= 0.3 is 0 Å². The number of fused-ring (bicyclic) bond motifs is 3. The van der Waals surface area contributed by atoms with E-state index in [4.69, 9.17) is 14.8 Å². The number of hydrogen-bond donors (Lipinski definition) is 1. The molecule has 2 aliphatic rings. The third-order valence-corrected chi connectivity index (χ3v) is 7.12. The third kappa shape index (κ3) is 3.47. The zero-order chi connectivity index (χ0) is 22.5. The average molecular weight is 517 g/mol. The van der Waals surface area contributed by atoms with Crippen LogP contribution in [0.15, 0.2) is 88.0 Å². The zero-order valence-electron chi connectivity index (χ0n) is 18.1. The number of anilines is 1. The van der Waals surface area contributed by atoms with Gasteiger partial charge in [0.25, 0.3) is 0 Å². The molecule has 0 radical (unpaired) electrons. The number of thioether (sulfide) groups is 1. The molecule has 0 saturated heterocycles. The van der Waals surface area contributed by atoms with E-state index >= 15 is 0 Å². The number of nitrogens with zero attached hydrogens (tertiary/aromatic N) is 3. The van der Waals surface area contributed by atoms with Crippen LogP contribution < -0.4 is 10.1 Å². The van der Waals surface area contributed by atoms with E-state index in [0.29, 0.717) is 0 Å². The summed E-state index contributed by atoms with van der Waals surface area (Å²) in [6.45, 7) is 2.11. The van der Waals surface area contributed by atoms with Gasteiger partial charge in [0.05, 0.1) is 5.70 Å². The van der Waals surface area contributed by atoms with E-state index in [1.54, 1.807) is 11.8 Å². The lowest BCUT2D eigenvalue weighted by molar-refractivity contribution is 0.223. The molecule has 1 N–H and O–H groups in total. The smallest absolute Gasteiger partial charge is 0.227 e. The van der Waals surface area contributed by atoms with E-state index in [9.17, 15) is 0 Å². The van der Waals surface area contributed by atoms with Crippen molar-refractivity contribution < 1.29 is 4.74 Å². The zero-order valence-corrected chi connectivity index (χ0v) is 20.5. The van der Waals surface area contributed by atoms with E-state index < -0.39 is 0 Å². The first-order valence-corrected chi connectivity index (χ1v) is 12.7. The Morgan fingerprint density at radius 2 is 1.82 bits per heavy atom. The summed E-state index contributed by atoms with van der Waals surface area (Å²) in [5, 5.41) is 9.19. The summed E-state index contributed by atoms with van der Waals surface area (Å²) < 4.78 is 9.70. The van der Waals surface area contributed by atoms with Crippen LogP contribution in [0.1, 0.15) is 34.4 Å². The molecule has 0 spiro atoms. The van der Waals surface area contributed by atoms with Crippen LogP contribution in [0.2, 0.25) is 0 Å². The molecular weight excluding hydrogens is 496 g/mol. The maximum atomic E-state index is 6.68. The Morgan fingerprint density at radius 1 is 1.00 bits per heavy atom. The molecule has 0 bridgehead atoms. The molecule has 0 unspecified atom stereocenters. The molecule has 0 saturated carbocycles. The van der Waals surface area contributed by atoms with Gasteiger partial charge in [-0.3, -0.25) is 0 Å². The predicted octanol–water partition coefficient (Wildman–Crippen LogP) is 6.63. The van der Waals surface area contributed by atoms with E-state index in [-0.39, 0.29) is 12.1 Å². The highest BCUT2D eigenvalue weighted by Crippen LogP contribution is 2.51. The Balaban J connectivity index is 1.64. The summed E-state index contributed by atoms with van der Waals surface area (Å²) >= 11 is 5.18. The van der Waals surface area contributed by atoms with Crippen molar-refractivity contribution in [1.29, 1.82) is 0 Å². The third-order valence-electron chi connectivity index (χ3n) is 6.09. The molecule has 5 nitrogen and oxygen atoms in total. The topological polar surface area (TPSA) is 52.0 Å². The first-order valence-electron chi connectivity index (χ1n) is 10.7. The van der Waals surface area contributed by atoms with Crippen LogP contribution in [-0.4, -0.2) is 21.0 Å². The van der Waals surface area contributed by atoms with Gasteiger partial charge in [-0.25, -0.2) is 4.68 Å². The first-order chi connectivity index (χ1) is 16.1. The molecule has 1 aromatic heterocycles. The summed E-state index contributed by atoms with van der Waals surface area (Å²) in [5.41, 5.74) is 6.66. The molecule has 6 rings (SSSR count). The van der Waals surface area contributed by atoms with Gasteiger partial charge in [0.2, 0.25) is 11.1 Å². The van der Waals surface area contributed by atoms with Gasteiger partial charge in [-0.05, 0) is 48.6 Å². The lowest BCUT2D eigenvalue weighted by atomic mass is 9.84. The number of hydrogen-bond acceptors (Lipinski definition) is 5. The molecule has 33 heavy (non-hydrogen) atoms. The standard InChI is InChI=1S/C26H21BrN4OS/c1-15-10-12-16(13-11-15)23-21-22(28-25-29-26(33-2)30-31(23)25)19-8-3-4-9-20(19)32-24(21)17-6-5-7-18(27)14-17/h3-14,23-24H,1-2H3,(H,28,29,30)/t23-,24-/m1/s1. The quantitative estimate of drug-likeness (QED) is 0.309. The van der Waals surface area contributed by atoms with Gasteiger partial charge in [0.1, 0.15) is 17.9 Å². The maximum absolute atomic E-state index is 6.68. The molecule has 3 aromatic carbocycles. The Bertz CT molecular complexity index is 1400. The molecule has 2 atom stereocenters. The van der Waals surface area contributed by atoms with Crippen LogP contribution in [0.5, 0.6) is 5.75 Å². The van der Waals surface area contributed by atoms with Crippen molar-refractivity contribution in [2.75, 3.05) is 11.6 Å². The summed E-state index contributed by atoms with van der Waals surface area (Å²) in [6.07, 6.45) is 1.72. The highest BCUT2D eigenvalue weighted by Gasteiger charge is 2.41. The number of aromatic nitrogens is 3. The fraction of sp³-hybridized carbons (Fsp3) is 0.154. The molecule has 2 aliphatic heterocycles. The van der Waals surface area contributed by atoms with E-state index in [1.165, 1.54) is 5.56 Å². The minimum absolute atomic E-state index is 0.150. The summed E-state index contributed by atoms with van der Waals surface area (Å²) in [7, 11) is 0.